The number of fused-ring (bicyclic) bond motifs is 1. The van der Waals surface area contributed by atoms with E-state index in [9.17, 15) is 36.3 Å². The van der Waals surface area contributed by atoms with Crippen molar-refractivity contribution in [2.75, 3.05) is 5.32 Å². The average molecular weight is 603 g/mol. The van der Waals surface area contributed by atoms with E-state index in [0.29, 0.717) is 17.7 Å². The summed E-state index contributed by atoms with van der Waals surface area (Å²) >= 11 is 6.30. The van der Waals surface area contributed by atoms with Crippen molar-refractivity contribution in [1.82, 2.24) is 14.9 Å². The lowest BCUT2D eigenvalue weighted by molar-refractivity contribution is -0.137. The van der Waals surface area contributed by atoms with Gasteiger partial charge in [0.1, 0.15) is 17.3 Å². The Morgan fingerprint density at radius 2 is 1.76 bits per heavy atom. The van der Waals surface area contributed by atoms with E-state index >= 15 is 0 Å². The molecule has 1 atom stereocenters. The Labute approximate surface area is 240 Å². The van der Waals surface area contributed by atoms with Crippen LogP contribution in [0.25, 0.3) is 11.3 Å². The van der Waals surface area contributed by atoms with Crippen molar-refractivity contribution >= 4 is 29.1 Å². The van der Waals surface area contributed by atoms with E-state index in [-0.39, 0.29) is 50.9 Å². The first kappa shape index (κ1) is 28.9. The minimum absolute atomic E-state index is 0.0641. The Kier molecular flexibility index (Phi) is 7.35. The summed E-state index contributed by atoms with van der Waals surface area (Å²) in [6.07, 6.45) is -3.42. The average Bonchev–Trinajstić information content (AvgIpc) is 3.25. The smallest absolute Gasteiger partial charge is 0.340 e. The van der Waals surface area contributed by atoms with E-state index in [2.05, 4.69) is 15.6 Å². The second-order valence-corrected chi connectivity index (χ2v) is 10.2. The fraction of sp³-hybridized carbons (Fsp3) is 0.172. The van der Waals surface area contributed by atoms with Crippen molar-refractivity contribution in [3.8, 4) is 11.3 Å². The Morgan fingerprint density at radius 1 is 1.02 bits per heavy atom. The number of hydrogen-bond acceptors (Lipinski definition) is 4. The summed E-state index contributed by atoms with van der Waals surface area (Å²) in [5.41, 5.74) is -1.85. The van der Waals surface area contributed by atoms with Crippen LogP contribution in [0.2, 0.25) is 5.02 Å². The zero-order valence-electron chi connectivity index (χ0n) is 21.8. The van der Waals surface area contributed by atoms with Crippen molar-refractivity contribution in [3.63, 3.8) is 0 Å². The number of alkyl halides is 3. The lowest BCUT2D eigenvalue weighted by atomic mass is 9.97. The normalized spacial score (nSPS) is 14.6. The van der Waals surface area contributed by atoms with E-state index in [1.807, 2.05) is 0 Å². The van der Waals surface area contributed by atoms with Crippen LogP contribution in [0.1, 0.15) is 63.5 Å². The number of nitrogens with one attached hydrogen (secondary N) is 2. The molecule has 0 aliphatic carbocycles. The van der Waals surface area contributed by atoms with Crippen LogP contribution in [-0.4, -0.2) is 21.4 Å². The zero-order chi connectivity index (χ0) is 30.5. The molecule has 3 heterocycles. The van der Waals surface area contributed by atoms with Gasteiger partial charge in [0.25, 0.3) is 17.4 Å². The van der Waals surface area contributed by atoms with Gasteiger partial charge in [-0.15, -0.1) is 0 Å². The minimum atomic E-state index is -4.92. The predicted molar refractivity (Wildman–Crippen MR) is 144 cm³/mol. The number of halogens is 6. The van der Waals surface area contributed by atoms with Crippen LogP contribution in [0.4, 0.5) is 27.6 Å². The van der Waals surface area contributed by atoms with Crippen LogP contribution < -0.4 is 16.2 Å². The second-order valence-electron chi connectivity index (χ2n) is 9.83. The Hall–Kier alpha value is -4.58. The number of aromatic nitrogens is 2. The lowest BCUT2D eigenvalue weighted by Crippen LogP contribution is -2.21. The van der Waals surface area contributed by atoms with E-state index in [0.717, 1.165) is 12.1 Å². The van der Waals surface area contributed by atoms with Crippen molar-refractivity contribution in [1.29, 1.82) is 0 Å². The fourth-order valence-electron chi connectivity index (χ4n) is 4.65. The molecule has 0 bridgehead atoms. The minimum Gasteiger partial charge on any atom is -0.340 e. The van der Waals surface area contributed by atoms with Gasteiger partial charge in [-0.2, -0.15) is 13.2 Å². The lowest BCUT2D eigenvalue weighted by Gasteiger charge is -2.19. The number of amides is 2. The summed E-state index contributed by atoms with van der Waals surface area (Å²) in [7, 11) is 0. The van der Waals surface area contributed by atoms with Gasteiger partial charge in [-0.05, 0) is 62.4 Å². The first-order chi connectivity index (χ1) is 19.7. The number of benzene rings is 2. The van der Waals surface area contributed by atoms with Crippen LogP contribution >= 0.6 is 11.6 Å². The molecule has 216 valence electrons. The van der Waals surface area contributed by atoms with E-state index < -0.39 is 46.8 Å². The maximum absolute atomic E-state index is 14.2. The maximum atomic E-state index is 14.2. The molecule has 1 aliphatic rings. The van der Waals surface area contributed by atoms with Crippen molar-refractivity contribution < 1.29 is 31.5 Å². The highest BCUT2D eigenvalue weighted by Gasteiger charge is 2.37. The zero-order valence-corrected chi connectivity index (χ0v) is 22.6. The quantitative estimate of drug-likeness (QED) is 0.254. The number of carbonyl (C=O) groups excluding carboxylic acids is 2. The summed E-state index contributed by atoms with van der Waals surface area (Å²) in [6, 6.07) is 7.62. The topological polar surface area (TPSA) is 93.1 Å². The Morgan fingerprint density at radius 3 is 2.45 bits per heavy atom. The largest absolute Gasteiger partial charge is 0.416 e. The third kappa shape index (κ3) is 5.49. The van der Waals surface area contributed by atoms with Crippen molar-refractivity contribution in [2.24, 2.45) is 0 Å². The fourth-order valence-corrected chi connectivity index (χ4v) is 4.88. The van der Waals surface area contributed by atoms with E-state index in [1.54, 1.807) is 13.8 Å². The molecule has 13 heteroatoms. The number of carbonyl (C=O) groups is 2. The van der Waals surface area contributed by atoms with Crippen LogP contribution in [0.5, 0.6) is 0 Å². The molecule has 0 saturated carbocycles. The molecule has 42 heavy (non-hydrogen) atoms. The molecule has 2 aromatic carbocycles. The molecule has 0 spiro atoms. The number of hydrogen-bond donors (Lipinski definition) is 2. The molecule has 2 amide bonds. The van der Waals surface area contributed by atoms with Crippen molar-refractivity contribution in [3.05, 3.63) is 116 Å². The molecule has 0 fully saturated rings. The number of rotatable bonds is 5. The van der Waals surface area contributed by atoms with Gasteiger partial charge in [0.15, 0.2) is 0 Å². The van der Waals surface area contributed by atoms with Gasteiger partial charge in [-0.3, -0.25) is 14.4 Å². The number of pyridine rings is 2. The summed E-state index contributed by atoms with van der Waals surface area (Å²) in [4.78, 5) is 43.1. The molecular formula is C29H20ClF5N4O3. The Balaban J connectivity index is 1.69. The van der Waals surface area contributed by atoms with Crippen LogP contribution in [-0.2, 0) is 6.18 Å². The highest BCUT2D eigenvalue weighted by atomic mass is 35.5. The maximum Gasteiger partial charge on any atom is 0.416 e. The molecule has 7 nitrogen and oxygen atoms in total. The van der Waals surface area contributed by atoms with Crippen LogP contribution in [0.15, 0.2) is 65.6 Å². The van der Waals surface area contributed by atoms with Crippen LogP contribution in [0, 0.1) is 11.6 Å². The van der Waals surface area contributed by atoms with Gasteiger partial charge < -0.3 is 15.2 Å². The monoisotopic (exact) mass is 602 g/mol. The SMILES string of the molecule is CC(C)n1cc(-c2cc(NC(=O)c3cc(F)cc(C(F)(F)F)c3)c3c(n2)C(=O)NC3c2cc(F)ccc2Cl)ccc1=O. The molecule has 0 saturated heterocycles. The molecule has 2 N–H and O–H groups in total. The molecule has 1 unspecified atom stereocenters. The molecule has 2 aromatic heterocycles. The standard InChI is InChI=1S/C29H20ClF5N4O3/c1-13(2)39-12-14(3-6-23(39)40)21-11-22(37-27(41)15-7-16(29(33,34)35)9-18(32)8-15)24-25(38-28(42)26(24)36-21)19-10-17(31)4-5-20(19)30/h3-13,25H,1-2H3,(H,38,42)(H,36,37,41). The summed E-state index contributed by atoms with van der Waals surface area (Å²) in [5.74, 6) is -3.76. The first-order valence-corrected chi connectivity index (χ1v) is 12.8. The molecule has 1 aliphatic heterocycles. The summed E-state index contributed by atoms with van der Waals surface area (Å²) in [5, 5.41) is 5.20. The van der Waals surface area contributed by atoms with Gasteiger partial charge in [0.05, 0.1) is 23.0 Å². The third-order valence-electron chi connectivity index (χ3n) is 6.63. The summed E-state index contributed by atoms with van der Waals surface area (Å²) < 4.78 is 69.6. The molecule has 4 aromatic rings. The molecule has 5 rings (SSSR count). The van der Waals surface area contributed by atoms with E-state index in [4.69, 9.17) is 11.6 Å². The number of anilines is 1. The Bertz CT molecular complexity index is 1820. The van der Waals surface area contributed by atoms with Crippen LogP contribution in [0.3, 0.4) is 0 Å². The molecular weight excluding hydrogens is 583 g/mol. The van der Waals surface area contributed by atoms with Gasteiger partial charge in [-0.1, -0.05) is 11.6 Å². The molecule has 0 radical (unpaired) electrons. The second kappa shape index (κ2) is 10.7. The highest BCUT2D eigenvalue weighted by molar-refractivity contribution is 6.31. The first-order valence-electron chi connectivity index (χ1n) is 12.5. The highest BCUT2D eigenvalue weighted by Crippen LogP contribution is 2.40. The van der Waals surface area contributed by atoms with Crippen molar-refractivity contribution in [2.45, 2.75) is 32.1 Å². The third-order valence-corrected chi connectivity index (χ3v) is 6.98. The van der Waals surface area contributed by atoms with Gasteiger partial charge >= 0.3 is 6.18 Å². The van der Waals surface area contributed by atoms with E-state index in [1.165, 1.54) is 35.0 Å². The summed E-state index contributed by atoms with van der Waals surface area (Å²) in [6.45, 7) is 3.56. The van der Waals surface area contributed by atoms with Gasteiger partial charge in [-0.25, -0.2) is 13.8 Å². The van der Waals surface area contributed by atoms with Gasteiger partial charge in [0.2, 0.25) is 0 Å². The van der Waals surface area contributed by atoms with Gasteiger partial charge in [0, 0.05) is 45.6 Å². The predicted octanol–water partition coefficient (Wildman–Crippen LogP) is 6.53. The number of nitrogens with zero attached hydrogens (tertiary/aromatic N) is 2.